The number of hydrogen-bond acceptors (Lipinski definition) is 5. The summed E-state index contributed by atoms with van der Waals surface area (Å²) >= 11 is 0. The minimum Gasteiger partial charge on any atom is -0.493 e. The fourth-order valence-corrected chi connectivity index (χ4v) is 3.95. The predicted octanol–water partition coefficient (Wildman–Crippen LogP) is 4.79. The first kappa shape index (κ1) is 24.4. The van der Waals surface area contributed by atoms with Crippen LogP contribution in [0.5, 0.6) is 11.5 Å². The van der Waals surface area contributed by atoms with E-state index in [4.69, 9.17) is 14.2 Å². The van der Waals surface area contributed by atoms with E-state index in [9.17, 15) is 22.8 Å². The second-order valence-electron chi connectivity index (χ2n) is 8.37. The lowest BCUT2D eigenvalue weighted by Crippen LogP contribution is -2.51. The number of carbonyl (C=O) groups excluding carboxylic acids is 2. The maximum absolute atomic E-state index is 14.1. The average molecular weight is 465 g/mol. The molecule has 9 heteroatoms. The van der Waals surface area contributed by atoms with Gasteiger partial charge < -0.3 is 14.2 Å². The number of alkyl halides is 3. The van der Waals surface area contributed by atoms with Crippen molar-refractivity contribution in [3.63, 3.8) is 0 Å². The Hall–Kier alpha value is -3.23. The van der Waals surface area contributed by atoms with Crippen molar-refractivity contribution in [3.8, 4) is 11.5 Å². The van der Waals surface area contributed by atoms with Gasteiger partial charge in [-0.15, -0.1) is 0 Å². The molecule has 178 valence electrons. The first-order valence-electron chi connectivity index (χ1n) is 10.4. The van der Waals surface area contributed by atoms with Gasteiger partial charge in [0.2, 0.25) is 5.91 Å². The van der Waals surface area contributed by atoms with Gasteiger partial charge in [-0.25, -0.2) is 9.69 Å². The van der Waals surface area contributed by atoms with E-state index in [1.165, 1.54) is 32.4 Å². The molecule has 6 nitrogen and oxygen atoms in total. The SMILES string of the molecule is COc1ccc(C[C@@H](C(=O)N2C(=O)OC(C)(C)[C@@H]2Cc2ccccc2)C(F)(F)F)cc1OC. The van der Waals surface area contributed by atoms with Crippen LogP contribution in [0.15, 0.2) is 48.5 Å². The number of amides is 2. The van der Waals surface area contributed by atoms with Gasteiger partial charge in [0, 0.05) is 0 Å². The monoisotopic (exact) mass is 465 g/mol. The Bertz CT molecular complexity index is 1010. The Morgan fingerprint density at radius 2 is 1.70 bits per heavy atom. The molecule has 0 aromatic heterocycles. The Kier molecular flexibility index (Phi) is 6.90. The third-order valence-corrected chi connectivity index (χ3v) is 5.75. The lowest BCUT2D eigenvalue weighted by Gasteiger charge is -2.30. The molecule has 2 amide bonds. The van der Waals surface area contributed by atoms with Crippen molar-refractivity contribution in [3.05, 3.63) is 59.7 Å². The van der Waals surface area contributed by atoms with Crippen LogP contribution in [0.4, 0.5) is 18.0 Å². The van der Waals surface area contributed by atoms with Crippen molar-refractivity contribution >= 4 is 12.0 Å². The molecule has 2 atom stereocenters. The lowest BCUT2D eigenvalue weighted by atomic mass is 9.90. The third-order valence-electron chi connectivity index (χ3n) is 5.75. The Labute approximate surface area is 190 Å². The summed E-state index contributed by atoms with van der Waals surface area (Å²) in [6.45, 7) is 3.17. The van der Waals surface area contributed by atoms with Crippen LogP contribution in [0.1, 0.15) is 25.0 Å². The third kappa shape index (κ3) is 5.23. The number of imide groups is 1. The van der Waals surface area contributed by atoms with Crippen molar-refractivity contribution < 1.29 is 37.0 Å². The average Bonchev–Trinajstić information content (AvgIpc) is 2.98. The summed E-state index contributed by atoms with van der Waals surface area (Å²) in [5.74, 6) is -3.18. The summed E-state index contributed by atoms with van der Waals surface area (Å²) in [6, 6.07) is 12.3. The van der Waals surface area contributed by atoms with Crippen LogP contribution in [0, 0.1) is 5.92 Å². The number of halogens is 3. The maximum Gasteiger partial charge on any atom is 0.417 e. The maximum atomic E-state index is 14.1. The minimum absolute atomic E-state index is 0.173. The van der Waals surface area contributed by atoms with Gasteiger partial charge in [0.15, 0.2) is 11.5 Å². The molecule has 1 heterocycles. The number of cyclic esters (lactones) is 1. The Morgan fingerprint density at radius 3 is 2.27 bits per heavy atom. The zero-order valence-electron chi connectivity index (χ0n) is 18.8. The topological polar surface area (TPSA) is 65.1 Å². The second-order valence-corrected chi connectivity index (χ2v) is 8.37. The standard InChI is InChI=1S/C24H26F3NO5/c1-23(2)20(14-15-8-6-5-7-9-15)28(22(30)33-23)21(29)17(24(25,26)27)12-16-10-11-18(31-3)19(13-16)32-4/h5-11,13,17,20H,12,14H2,1-4H3/t17-,20-/m0/s1. The smallest absolute Gasteiger partial charge is 0.417 e. The molecule has 0 aliphatic carbocycles. The van der Waals surface area contributed by atoms with Crippen LogP contribution in [0.3, 0.4) is 0 Å². The van der Waals surface area contributed by atoms with E-state index in [2.05, 4.69) is 0 Å². The molecular formula is C24H26F3NO5. The predicted molar refractivity (Wildman–Crippen MR) is 114 cm³/mol. The molecule has 1 aliphatic heterocycles. The molecular weight excluding hydrogens is 439 g/mol. The number of rotatable bonds is 7. The lowest BCUT2D eigenvalue weighted by molar-refractivity contribution is -0.187. The molecule has 1 aliphatic rings. The van der Waals surface area contributed by atoms with Crippen molar-refractivity contribution in [2.24, 2.45) is 5.92 Å². The van der Waals surface area contributed by atoms with Crippen LogP contribution >= 0.6 is 0 Å². The van der Waals surface area contributed by atoms with Gasteiger partial charge in [0.05, 0.1) is 20.3 Å². The number of nitrogens with zero attached hydrogens (tertiary/aromatic N) is 1. The van der Waals surface area contributed by atoms with Crippen LogP contribution in [-0.4, -0.2) is 48.9 Å². The first-order valence-corrected chi connectivity index (χ1v) is 10.4. The molecule has 0 radical (unpaired) electrons. The summed E-state index contributed by atoms with van der Waals surface area (Å²) in [6.07, 6.45) is -6.45. The zero-order chi connectivity index (χ0) is 24.4. The van der Waals surface area contributed by atoms with E-state index >= 15 is 0 Å². The van der Waals surface area contributed by atoms with Gasteiger partial charge in [0.1, 0.15) is 11.5 Å². The summed E-state index contributed by atoms with van der Waals surface area (Å²) in [5, 5.41) is 0. The molecule has 2 aromatic rings. The highest BCUT2D eigenvalue weighted by atomic mass is 19.4. The van der Waals surface area contributed by atoms with Crippen molar-refractivity contribution in [1.82, 2.24) is 4.90 Å². The highest BCUT2D eigenvalue weighted by Gasteiger charge is 2.56. The number of hydrogen-bond donors (Lipinski definition) is 0. The number of methoxy groups -OCH3 is 2. The zero-order valence-corrected chi connectivity index (χ0v) is 18.8. The molecule has 0 bridgehead atoms. The molecule has 1 fully saturated rings. The molecule has 3 rings (SSSR count). The summed E-state index contributed by atoms with van der Waals surface area (Å²) in [7, 11) is 2.78. The van der Waals surface area contributed by atoms with E-state index in [0.717, 1.165) is 5.56 Å². The van der Waals surface area contributed by atoms with E-state index < -0.39 is 42.2 Å². The number of carbonyl (C=O) groups is 2. The molecule has 0 saturated carbocycles. The normalized spacial score (nSPS) is 18.6. The van der Waals surface area contributed by atoms with Gasteiger partial charge in [-0.1, -0.05) is 36.4 Å². The molecule has 0 unspecified atom stereocenters. The summed E-state index contributed by atoms with van der Waals surface area (Å²) < 4.78 is 57.7. The van der Waals surface area contributed by atoms with Gasteiger partial charge in [0.25, 0.3) is 0 Å². The van der Waals surface area contributed by atoms with Gasteiger partial charge in [-0.05, 0) is 49.9 Å². The van der Waals surface area contributed by atoms with Gasteiger partial charge in [-0.3, -0.25) is 4.79 Å². The van der Waals surface area contributed by atoms with Crippen molar-refractivity contribution in [2.45, 2.75) is 44.5 Å². The van der Waals surface area contributed by atoms with Gasteiger partial charge >= 0.3 is 12.3 Å². The quantitative estimate of drug-likeness (QED) is 0.588. The summed E-state index contributed by atoms with van der Waals surface area (Å²) in [4.78, 5) is 26.4. The van der Waals surface area contributed by atoms with Gasteiger partial charge in [-0.2, -0.15) is 13.2 Å². The molecule has 0 N–H and O–H groups in total. The van der Waals surface area contributed by atoms with E-state index in [-0.39, 0.29) is 17.7 Å². The molecule has 0 spiro atoms. The first-order chi connectivity index (χ1) is 15.5. The van der Waals surface area contributed by atoms with E-state index in [1.807, 2.05) is 0 Å². The van der Waals surface area contributed by atoms with E-state index in [1.54, 1.807) is 44.2 Å². The molecule has 1 saturated heterocycles. The highest BCUT2D eigenvalue weighted by Crippen LogP contribution is 2.38. The van der Waals surface area contributed by atoms with Crippen LogP contribution in [0.25, 0.3) is 0 Å². The number of ether oxygens (including phenoxy) is 3. The second kappa shape index (κ2) is 9.33. The van der Waals surface area contributed by atoms with E-state index in [0.29, 0.717) is 10.6 Å². The van der Waals surface area contributed by atoms with Crippen LogP contribution in [-0.2, 0) is 22.4 Å². The van der Waals surface area contributed by atoms with Crippen molar-refractivity contribution in [1.29, 1.82) is 0 Å². The number of benzene rings is 2. The molecule has 2 aromatic carbocycles. The Balaban J connectivity index is 1.94. The van der Waals surface area contributed by atoms with Crippen LogP contribution < -0.4 is 9.47 Å². The minimum atomic E-state index is -4.88. The molecule has 33 heavy (non-hydrogen) atoms. The van der Waals surface area contributed by atoms with Crippen LogP contribution in [0.2, 0.25) is 0 Å². The summed E-state index contributed by atoms with van der Waals surface area (Å²) in [5.41, 5.74) is -0.160. The fourth-order valence-electron chi connectivity index (χ4n) is 3.95. The van der Waals surface area contributed by atoms with Crippen molar-refractivity contribution in [2.75, 3.05) is 14.2 Å². The highest BCUT2D eigenvalue weighted by molar-refractivity contribution is 5.96. The fraction of sp³-hybridized carbons (Fsp3) is 0.417. The Morgan fingerprint density at radius 1 is 1.06 bits per heavy atom. The largest absolute Gasteiger partial charge is 0.493 e.